The fourth-order valence-electron chi connectivity index (χ4n) is 2.36. The molecule has 2 aliphatic heterocycles. The molecule has 7 heteroatoms. The highest BCUT2D eigenvalue weighted by atomic mass is 32.2. The summed E-state index contributed by atoms with van der Waals surface area (Å²) in [5, 5.41) is 5.28. The number of hydrazone groups is 1. The van der Waals surface area contributed by atoms with Gasteiger partial charge in [0.05, 0.1) is 22.5 Å². The lowest BCUT2D eigenvalue weighted by Gasteiger charge is -1.99. The van der Waals surface area contributed by atoms with Gasteiger partial charge in [0.2, 0.25) is 0 Å². The molecule has 2 N–H and O–H groups in total. The van der Waals surface area contributed by atoms with Gasteiger partial charge in [-0.2, -0.15) is 0 Å². The molecule has 2 unspecified atom stereocenters. The molecule has 20 heavy (non-hydrogen) atoms. The topological polar surface area (TPSA) is 72.5 Å². The molecular weight excluding hydrogens is 294 g/mol. The number of hydrogen-bond donors (Lipinski definition) is 2. The molecule has 2 atom stereocenters. The number of thioether (sulfide) groups is 1. The number of sulfone groups is 1. The quantitative estimate of drug-likeness (QED) is 0.562. The molecule has 1 aromatic rings. The normalized spacial score (nSPS) is 28.1. The highest BCUT2D eigenvalue weighted by Gasteiger charge is 2.45. The maximum absolute atomic E-state index is 11.5. The molecule has 0 amide bonds. The van der Waals surface area contributed by atoms with E-state index in [0.29, 0.717) is 0 Å². The second kappa shape index (κ2) is 5.21. The molecule has 5 nitrogen and oxygen atoms in total. The monoisotopic (exact) mass is 310 g/mol. The molecule has 1 aromatic carbocycles. The number of nitrogens with one attached hydrogen (secondary N) is 2. The summed E-state index contributed by atoms with van der Waals surface area (Å²) in [6.07, 6.45) is 0. The molecule has 0 saturated carbocycles. The Balaban J connectivity index is 1.66. The number of rotatable bonds is 2. The Hall–Kier alpha value is -1.34. The molecule has 1 saturated heterocycles. The van der Waals surface area contributed by atoms with E-state index in [0.717, 1.165) is 16.4 Å². The van der Waals surface area contributed by atoms with Crippen molar-refractivity contribution in [3.8, 4) is 0 Å². The first-order valence-corrected chi connectivity index (χ1v) is 9.10. The average molecular weight is 310 g/mol. The van der Waals surface area contributed by atoms with E-state index < -0.39 is 9.84 Å². The fraction of sp³-hybridized carbons (Fsp3) is 0.385. The molecule has 2 heterocycles. The fourth-order valence-corrected chi connectivity index (χ4v) is 6.05. The Morgan fingerprint density at radius 3 is 2.80 bits per heavy atom. The van der Waals surface area contributed by atoms with Gasteiger partial charge in [0.25, 0.3) is 0 Å². The van der Waals surface area contributed by atoms with E-state index in [9.17, 15) is 8.42 Å². The van der Waals surface area contributed by atoms with Crippen molar-refractivity contribution in [3.05, 3.63) is 35.9 Å². The zero-order valence-corrected chi connectivity index (χ0v) is 12.7. The minimum absolute atomic E-state index is 0.0136. The van der Waals surface area contributed by atoms with Crippen molar-refractivity contribution in [2.24, 2.45) is 5.10 Å². The molecule has 0 bridgehead atoms. The average Bonchev–Trinajstić information content (AvgIpc) is 2.90. The van der Waals surface area contributed by atoms with Crippen LogP contribution in [0.5, 0.6) is 0 Å². The summed E-state index contributed by atoms with van der Waals surface area (Å²) in [6, 6.07) is 9.93. The molecule has 2 aliphatic rings. The van der Waals surface area contributed by atoms with Gasteiger partial charge in [-0.15, -0.1) is 5.43 Å². The number of hydrogen-bond acceptors (Lipinski definition) is 5. The zero-order valence-electron chi connectivity index (χ0n) is 11.0. The molecule has 0 radical (unpaired) electrons. The van der Waals surface area contributed by atoms with Gasteiger partial charge in [-0.05, 0) is 24.2 Å². The molecule has 0 aromatic heterocycles. The van der Waals surface area contributed by atoms with Crippen LogP contribution in [0.3, 0.4) is 0 Å². The Kier molecular flexibility index (Phi) is 3.55. The minimum atomic E-state index is -2.86. The third-order valence-electron chi connectivity index (χ3n) is 3.40. The largest absolute Gasteiger partial charge is 0.330 e. The van der Waals surface area contributed by atoms with Crippen molar-refractivity contribution in [3.63, 3.8) is 0 Å². The first-order chi connectivity index (χ1) is 9.53. The number of fused-ring (bicyclic) bond motifs is 1. The van der Waals surface area contributed by atoms with Gasteiger partial charge in [0.1, 0.15) is 6.04 Å². The van der Waals surface area contributed by atoms with Crippen molar-refractivity contribution in [1.82, 2.24) is 5.43 Å². The van der Waals surface area contributed by atoms with E-state index in [1.807, 2.05) is 37.3 Å². The van der Waals surface area contributed by atoms with Crippen molar-refractivity contribution in [2.45, 2.75) is 18.2 Å². The van der Waals surface area contributed by atoms with E-state index in [4.69, 9.17) is 0 Å². The summed E-state index contributed by atoms with van der Waals surface area (Å²) < 4.78 is 23.0. The first kappa shape index (κ1) is 13.6. The number of benzene rings is 1. The molecule has 106 valence electrons. The molecule has 0 spiro atoms. The van der Waals surface area contributed by atoms with E-state index in [1.165, 1.54) is 11.8 Å². The van der Waals surface area contributed by atoms with Crippen LogP contribution in [0.25, 0.3) is 0 Å². The molecule has 1 fully saturated rings. The minimum Gasteiger partial charge on any atom is -0.262 e. The van der Waals surface area contributed by atoms with Crippen LogP contribution in [0.1, 0.15) is 12.5 Å². The smallest absolute Gasteiger partial charge is 0.262 e. The maximum atomic E-state index is 11.5. The summed E-state index contributed by atoms with van der Waals surface area (Å²) in [4.78, 5) is 3.20. The van der Waals surface area contributed by atoms with Crippen LogP contribution >= 0.6 is 11.8 Å². The van der Waals surface area contributed by atoms with Gasteiger partial charge in [0.15, 0.2) is 9.84 Å². The van der Waals surface area contributed by atoms with Crippen molar-refractivity contribution in [2.75, 3.05) is 11.5 Å². The summed E-state index contributed by atoms with van der Waals surface area (Å²) in [5.74, 6) is 0.471. The second-order valence-corrected chi connectivity index (χ2v) is 8.39. The van der Waals surface area contributed by atoms with Gasteiger partial charge in [-0.1, -0.05) is 35.4 Å². The van der Waals surface area contributed by atoms with Gasteiger partial charge in [-0.25, -0.2) is 8.42 Å². The van der Waals surface area contributed by atoms with Crippen molar-refractivity contribution >= 4 is 32.5 Å². The number of nitrogens with zero attached hydrogens (tertiary/aromatic N) is 1. The number of amidine groups is 1. The van der Waals surface area contributed by atoms with Crippen LogP contribution in [0.15, 0.2) is 35.4 Å². The zero-order chi connectivity index (χ0) is 14.2. The third-order valence-corrected chi connectivity index (χ3v) is 6.59. The second-order valence-electron chi connectivity index (χ2n) is 4.99. The van der Waals surface area contributed by atoms with Gasteiger partial charge >= 0.3 is 5.17 Å². The van der Waals surface area contributed by atoms with Crippen LogP contribution < -0.4 is 10.4 Å². The summed E-state index contributed by atoms with van der Waals surface area (Å²) in [5.41, 5.74) is 4.95. The Bertz CT molecular complexity index is 668. The third kappa shape index (κ3) is 2.88. The Morgan fingerprint density at radius 1 is 1.35 bits per heavy atom. The predicted octanol–water partition coefficient (Wildman–Crippen LogP) is -0.651. The van der Waals surface area contributed by atoms with Crippen LogP contribution in [-0.4, -0.2) is 42.1 Å². The van der Waals surface area contributed by atoms with E-state index in [2.05, 4.69) is 15.5 Å². The maximum Gasteiger partial charge on any atom is 0.330 e. The van der Waals surface area contributed by atoms with Gasteiger partial charge < -0.3 is 0 Å². The summed E-state index contributed by atoms with van der Waals surface area (Å²) in [6.45, 7) is 1.94. The molecule has 0 aliphatic carbocycles. The highest BCUT2D eigenvalue weighted by Crippen LogP contribution is 2.25. The van der Waals surface area contributed by atoms with E-state index in [1.54, 1.807) is 0 Å². The SMILES string of the molecule is C/C(=N\NC1=[NH+]C2CS(=O)(=O)CC2S1)c1ccccc1. The Morgan fingerprint density at radius 2 is 2.10 bits per heavy atom. The van der Waals surface area contributed by atoms with Crippen LogP contribution in [-0.2, 0) is 9.84 Å². The van der Waals surface area contributed by atoms with Gasteiger partial charge in [-0.3, -0.25) is 4.99 Å². The standard InChI is InChI=1S/C13H15N3O2S2/c1-9(10-5-3-2-4-6-10)15-16-13-14-11-7-20(17,18)8-12(11)19-13/h2-6,11-12H,7-8H2,1H3,(H,14,16)/p+1/b15-9+. The van der Waals surface area contributed by atoms with Crippen LogP contribution in [0, 0.1) is 0 Å². The summed E-state index contributed by atoms with van der Waals surface area (Å²) in [7, 11) is -2.86. The summed E-state index contributed by atoms with van der Waals surface area (Å²) >= 11 is 1.53. The van der Waals surface area contributed by atoms with Crippen LogP contribution in [0.2, 0.25) is 0 Å². The van der Waals surface area contributed by atoms with Crippen molar-refractivity contribution in [1.29, 1.82) is 0 Å². The van der Waals surface area contributed by atoms with E-state index in [-0.39, 0.29) is 22.8 Å². The van der Waals surface area contributed by atoms with E-state index >= 15 is 0 Å². The van der Waals surface area contributed by atoms with Crippen molar-refractivity contribution < 1.29 is 13.4 Å². The van der Waals surface area contributed by atoms with Gasteiger partial charge in [0, 0.05) is 0 Å². The van der Waals surface area contributed by atoms with Crippen LogP contribution in [0.4, 0.5) is 0 Å². The highest BCUT2D eigenvalue weighted by molar-refractivity contribution is 8.15. The Labute approximate surface area is 122 Å². The predicted molar refractivity (Wildman–Crippen MR) is 81.6 cm³/mol. The molecule has 3 rings (SSSR count). The lowest BCUT2D eigenvalue weighted by molar-refractivity contribution is -0.489. The lowest BCUT2D eigenvalue weighted by Crippen LogP contribution is -2.79. The first-order valence-electron chi connectivity index (χ1n) is 6.40. The lowest BCUT2D eigenvalue weighted by atomic mass is 10.1. The molecular formula is C13H16N3O2S2+.